The second kappa shape index (κ2) is 29.1. The van der Waals surface area contributed by atoms with Crippen LogP contribution >= 0.6 is 0 Å². The number of hydrogen-bond acceptors (Lipinski definition) is 14. The molecule has 9 atom stereocenters. The van der Waals surface area contributed by atoms with Crippen LogP contribution in [0.1, 0.15) is 70.9 Å². The van der Waals surface area contributed by atoms with E-state index in [0.29, 0.717) is 17.5 Å². The van der Waals surface area contributed by atoms with Gasteiger partial charge < -0.3 is 74.0 Å². The van der Waals surface area contributed by atoms with Crippen molar-refractivity contribution in [2.24, 2.45) is 23.3 Å². The Morgan fingerprint density at radius 3 is 1.55 bits per heavy atom. The molecule has 1 heterocycles. The summed E-state index contributed by atoms with van der Waals surface area (Å²) >= 11 is 0. The highest BCUT2D eigenvalue weighted by atomic mass is 16.4. The Morgan fingerprint density at radius 1 is 0.589 bits per heavy atom. The molecule has 1 aliphatic heterocycles. The highest BCUT2D eigenvalue weighted by Gasteiger charge is 2.41. The third-order valence-electron chi connectivity index (χ3n) is 11.8. The van der Waals surface area contributed by atoms with Crippen LogP contribution in [0.2, 0.25) is 0 Å². The van der Waals surface area contributed by atoms with Gasteiger partial charge in [-0.05, 0) is 48.6 Å². The third kappa shape index (κ3) is 18.9. The van der Waals surface area contributed by atoms with Gasteiger partial charge in [-0.25, -0.2) is 4.79 Å². The zero-order chi connectivity index (χ0) is 54.5. The van der Waals surface area contributed by atoms with Crippen LogP contribution in [0.4, 0.5) is 0 Å². The second-order valence-corrected chi connectivity index (χ2v) is 18.2. The van der Waals surface area contributed by atoms with Gasteiger partial charge in [0.05, 0.1) is 25.7 Å². The SMILES string of the molecule is CC(C)C(NC(=O)C(CO)NC(=O)C(Cc1ccccc1)NC(=O)C1CCCN1C(=O)C(NC(=O)C(CCC(N)=O)NC(=O)C(CC(=O)O)NC(=O)C(CO)NC(=O)C(N)Cc1ccccc1)C(C)C)C(=O)O. The Morgan fingerprint density at radius 2 is 1.04 bits per heavy atom. The summed E-state index contributed by atoms with van der Waals surface area (Å²) in [5, 5.41) is 55.8. The lowest BCUT2D eigenvalue weighted by Gasteiger charge is -2.32. The number of amides is 9. The van der Waals surface area contributed by atoms with Crippen molar-refractivity contribution in [3.8, 4) is 0 Å². The predicted molar refractivity (Wildman–Crippen MR) is 259 cm³/mol. The minimum absolute atomic E-state index is 0.0194. The molecule has 0 spiro atoms. The number of carbonyl (C=O) groups is 11. The molecular weight excluding hydrogens is 957 g/mol. The summed E-state index contributed by atoms with van der Waals surface area (Å²) in [5.41, 5.74) is 12.6. The predicted octanol–water partition coefficient (Wildman–Crippen LogP) is -3.69. The van der Waals surface area contributed by atoms with Gasteiger partial charge in [0.15, 0.2) is 0 Å². The van der Waals surface area contributed by atoms with Crippen molar-refractivity contribution in [1.29, 1.82) is 0 Å². The molecule has 9 amide bonds. The minimum Gasteiger partial charge on any atom is -0.481 e. The Bertz CT molecular complexity index is 2270. The number of rotatable bonds is 29. The van der Waals surface area contributed by atoms with Crippen molar-refractivity contribution in [3.05, 3.63) is 71.8 Å². The van der Waals surface area contributed by atoms with Crippen molar-refractivity contribution in [1.82, 2.24) is 42.1 Å². The van der Waals surface area contributed by atoms with Crippen molar-refractivity contribution in [3.63, 3.8) is 0 Å². The van der Waals surface area contributed by atoms with Gasteiger partial charge in [-0.3, -0.25) is 47.9 Å². The standard InChI is InChI=1S/C48H68N10O15/c1-25(2)38(47(71)58-19-11-16-35(58)46(70)53-31(21-28-14-9-6-10-15-28)42(66)55-34(24-60)45(69)57-39(26(3)4)48(72)73)56-41(65)30(17-18-36(50)61)51-43(67)32(22-37(62)63)52-44(68)33(23-59)54-40(64)29(49)20-27-12-7-5-8-13-27/h5-10,12-15,25-26,29-35,38-39,59-60H,11,16-24,49H2,1-4H3,(H2,50,61)(H,51,67)(H,52,68)(H,53,70)(H,54,64)(H,55,66)(H,56,65)(H,57,69)(H,62,63)(H,72,73). The number of likely N-dealkylation sites (tertiary alicyclic amines) is 1. The number of carbonyl (C=O) groups excluding carboxylic acids is 9. The van der Waals surface area contributed by atoms with Crippen molar-refractivity contribution in [2.75, 3.05) is 19.8 Å². The molecule has 9 unspecified atom stereocenters. The van der Waals surface area contributed by atoms with Crippen molar-refractivity contribution in [2.45, 2.75) is 127 Å². The molecule has 2 aromatic carbocycles. The van der Waals surface area contributed by atoms with Crippen molar-refractivity contribution < 1.29 is 73.2 Å². The third-order valence-corrected chi connectivity index (χ3v) is 11.8. The van der Waals surface area contributed by atoms with Gasteiger partial charge in [0.1, 0.15) is 48.3 Å². The van der Waals surface area contributed by atoms with Gasteiger partial charge in [-0.15, -0.1) is 0 Å². The van der Waals surface area contributed by atoms with E-state index < -0.39 is 164 Å². The molecule has 1 fully saturated rings. The number of nitrogens with one attached hydrogen (secondary N) is 7. The van der Waals surface area contributed by atoms with E-state index in [-0.39, 0.29) is 25.8 Å². The number of carboxylic acid groups (broad SMARTS) is 2. The summed E-state index contributed by atoms with van der Waals surface area (Å²) in [6.07, 6.45) is -1.65. The number of aliphatic carboxylic acids is 2. The van der Waals surface area contributed by atoms with E-state index in [1.165, 1.54) is 4.90 Å². The number of primary amides is 1. The lowest BCUT2D eigenvalue weighted by atomic mass is 10.00. The van der Waals surface area contributed by atoms with E-state index in [2.05, 4.69) is 37.2 Å². The number of benzene rings is 2. The highest BCUT2D eigenvalue weighted by Crippen LogP contribution is 2.21. The number of aliphatic hydroxyl groups excluding tert-OH is 2. The maximum absolute atomic E-state index is 14.4. The zero-order valence-corrected chi connectivity index (χ0v) is 41.1. The number of nitrogens with two attached hydrogens (primary N) is 2. The summed E-state index contributed by atoms with van der Waals surface area (Å²) in [4.78, 5) is 146. The molecule has 0 saturated carbocycles. The fraction of sp³-hybridized carbons (Fsp3) is 0.521. The molecule has 0 aliphatic carbocycles. The molecule has 73 heavy (non-hydrogen) atoms. The molecule has 0 bridgehead atoms. The highest BCUT2D eigenvalue weighted by molar-refractivity contribution is 5.99. The fourth-order valence-electron chi connectivity index (χ4n) is 7.73. The molecule has 0 aromatic heterocycles. The molecular formula is C48H68N10O15. The van der Waals surface area contributed by atoms with Crippen LogP contribution < -0.4 is 48.7 Å². The summed E-state index contributed by atoms with van der Waals surface area (Å²) < 4.78 is 0. The molecule has 15 N–H and O–H groups in total. The van der Waals surface area contributed by atoms with Gasteiger partial charge in [-0.2, -0.15) is 0 Å². The van der Waals surface area contributed by atoms with Gasteiger partial charge >= 0.3 is 11.9 Å². The van der Waals surface area contributed by atoms with Crippen LogP contribution in [0.25, 0.3) is 0 Å². The summed E-state index contributed by atoms with van der Waals surface area (Å²) in [6, 6.07) is 3.68. The van der Waals surface area contributed by atoms with Crippen LogP contribution in [-0.4, -0.2) is 165 Å². The maximum atomic E-state index is 14.4. The van der Waals surface area contributed by atoms with E-state index in [4.69, 9.17) is 11.5 Å². The molecule has 25 nitrogen and oxygen atoms in total. The van der Waals surface area contributed by atoms with Gasteiger partial charge in [0.25, 0.3) is 0 Å². The number of aliphatic hydroxyl groups is 2. The van der Waals surface area contributed by atoms with Gasteiger partial charge in [-0.1, -0.05) is 88.4 Å². The lowest BCUT2D eigenvalue weighted by molar-refractivity contribution is -0.144. The van der Waals surface area contributed by atoms with Crippen molar-refractivity contribution >= 4 is 65.1 Å². The van der Waals surface area contributed by atoms with Gasteiger partial charge in [0.2, 0.25) is 53.2 Å². The molecule has 25 heteroatoms. The molecule has 3 rings (SSSR count). The number of hydrogen-bond donors (Lipinski definition) is 13. The quantitative estimate of drug-likeness (QED) is 0.0373. The van der Waals surface area contributed by atoms with Crippen LogP contribution in [0.5, 0.6) is 0 Å². The van der Waals surface area contributed by atoms with Gasteiger partial charge in [0, 0.05) is 19.4 Å². The second-order valence-electron chi connectivity index (χ2n) is 18.2. The summed E-state index contributed by atoms with van der Waals surface area (Å²) in [6.45, 7) is 4.35. The molecule has 0 radical (unpaired) electrons. The Labute approximate surface area is 421 Å². The largest absolute Gasteiger partial charge is 0.481 e. The van der Waals surface area contributed by atoms with Crippen LogP contribution in [0, 0.1) is 11.8 Å². The Balaban J connectivity index is 1.81. The van der Waals surface area contributed by atoms with Crippen LogP contribution in [-0.2, 0) is 65.6 Å². The molecule has 2 aromatic rings. The maximum Gasteiger partial charge on any atom is 0.326 e. The minimum atomic E-state index is -1.92. The van der Waals surface area contributed by atoms with Crippen LogP contribution in [0.15, 0.2) is 60.7 Å². The molecule has 400 valence electrons. The number of carboxylic acids is 2. The molecule has 1 saturated heterocycles. The topological polar surface area (TPSA) is 408 Å². The average Bonchev–Trinajstić information content (AvgIpc) is 3.84. The van der Waals surface area contributed by atoms with Crippen LogP contribution in [0.3, 0.4) is 0 Å². The monoisotopic (exact) mass is 1020 g/mol. The fourth-order valence-corrected chi connectivity index (χ4v) is 7.73. The first kappa shape index (κ1) is 59.8. The van der Waals surface area contributed by atoms with E-state index in [1.807, 2.05) is 0 Å². The lowest BCUT2D eigenvalue weighted by Crippen LogP contribution is -2.61. The first-order chi connectivity index (χ1) is 34.5. The van der Waals surface area contributed by atoms with E-state index in [9.17, 15) is 73.2 Å². The summed E-state index contributed by atoms with van der Waals surface area (Å²) in [7, 11) is 0. The normalized spacial score (nSPS) is 16.5. The average molecular weight is 1030 g/mol. The summed E-state index contributed by atoms with van der Waals surface area (Å²) in [5.74, 6) is -12.8. The molecule has 1 aliphatic rings. The zero-order valence-electron chi connectivity index (χ0n) is 41.1. The van der Waals surface area contributed by atoms with E-state index in [1.54, 1.807) is 88.4 Å². The Hall–Kier alpha value is -7.51. The Kier molecular flexibility index (Phi) is 23.9. The number of nitrogens with zero attached hydrogens (tertiary/aromatic N) is 1. The smallest absolute Gasteiger partial charge is 0.326 e. The van der Waals surface area contributed by atoms with E-state index in [0.717, 1.165) is 0 Å². The first-order valence-corrected chi connectivity index (χ1v) is 23.7. The van der Waals surface area contributed by atoms with E-state index >= 15 is 0 Å². The first-order valence-electron chi connectivity index (χ1n) is 23.7.